The van der Waals surface area contributed by atoms with Crippen LogP contribution in [0.5, 0.6) is 0 Å². The first-order valence-electron chi connectivity index (χ1n) is 10.6. The SMILES string of the molecule is C=CC[C@@H]1C[C@H](c2cccc(Cl)c2)[C@@H](c2ccc(Cl)cc2)N([C@H](CO)C2CC2)C1=O. The average Bonchev–Trinajstić information content (AvgIpc) is 3.57. The van der Waals surface area contributed by atoms with Crippen LogP contribution in [0.2, 0.25) is 10.0 Å². The van der Waals surface area contributed by atoms with Gasteiger partial charge >= 0.3 is 0 Å². The number of likely N-dealkylation sites (tertiary alicyclic amines) is 1. The Morgan fingerprint density at radius 1 is 1.10 bits per heavy atom. The van der Waals surface area contributed by atoms with Crippen molar-refractivity contribution in [2.24, 2.45) is 11.8 Å². The van der Waals surface area contributed by atoms with Gasteiger partial charge in [-0.05, 0) is 67.0 Å². The van der Waals surface area contributed by atoms with Gasteiger partial charge in [0.15, 0.2) is 0 Å². The predicted octanol–water partition coefficient (Wildman–Crippen LogP) is 6.01. The van der Waals surface area contributed by atoms with Crippen molar-refractivity contribution >= 4 is 29.1 Å². The summed E-state index contributed by atoms with van der Waals surface area (Å²) in [6.45, 7) is 3.85. The summed E-state index contributed by atoms with van der Waals surface area (Å²) in [6.07, 6.45) is 5.27. The summed E-state index contributed by atoms with van der Waals surface area (Å²) >= 11 is 12.5. The number of halogens is 2. The molecule has 0 radical (unpaired) electrons. The number of aliphatic hydroxyl groups is 1. The van der Waals surface area contributed by atoms with Crippen molar-refractivity contribution < 1.29 is 9.90 Å². The Labute approximate surface area is 188 Å². The first-order chi connectivity index (χ1) is 14.5. The average molecular weight is 444 g/mol. The van der Waals surface area contributed by atoms with Crippen molar-refractivity contribution in [3.8, 4) is 0 Å². The first-order valence-corrected chi connectivity index (χ1v) is 11.3. The molecule has 2 aromatic rings. The highest BCUT2D eigenvalue weighted by Gasteiger charge is 2.48. The number of nitrogens with zero attached hydrogens (tertiary/aromatic N) is 1. The predicted molar refractivity (Wildman–Crippen MR) is 122 cm³/mol. The van der Waals surface area contributed by atoms with Gasteiger partial charge in [0.2, 0.25) is 5.91 Å². The fourth-order valence-corrected chi connectivity index (χ4v) is 5.22. The maximum Gasteiger partial charge on any atom is 0.226 e. The molecule has 1 saturated carbocycles. The Kier molecular flexibility index (Phi) is 6.52. The Morgan fingerprint density at radius 2 is 1.83 bits per heavy atom. The Bertz CT molecular complexity index is 910. The monoisotopic (exact) mass is 443 g/mol. The molecule has 0 aromatic heterocycles. The van der Waals surface area contributed by atoms with E-state index in [-0.39, 0.29) is 36.4 Å². The molecule has 1 heterocycles. The van der Waals surface area contributed by atoms with Crippen LogP contribution in [0, 0.1) is 11.8 Å². The van der Waals surface area contributed by atoms with E-state index in [4.69, 9.17) is 23.2 Å². The maximum atomic E-state index is 13.7. The first kappa shape index (κ1) is 21.4. The van der Waals surface area contributed by atoms with Gasteiger partial charge in [-0.3, -0.25) is 4.79 Å². The number of carbonyl (C=O) groups is 1. The van der Waals surface area contributed by atoms with Crippen molar-refractivity contribution in [1.82, 2.24) is 4.90 Å². The normalized spacial score (nSPS) is 25.2. The molecule has 4 atom stereocenters. The van der Waals surface area contributed by atoms with E-state index < -0.39 is 0 Å². The molecule has 3 nitrogen and oxygen atoms in total. The maximum absolute atomic E-state index is 13.7. The number of allylic oxidation sites excluding steroid dienone is 1. The van der Waals surface area contributed by atoms with Gasteiger partial charge in [-0.2, -0.15) is 0 Å². The number of aliphatic hydroxyl groups excluding tert-OH is 1. The number of amides is 1. The van der Waals surface area contributed by atoms with Crippen LogP contribution in [0.15, 0.2) is 61.2 Å². The molecule has 5 heteroatoms. The summed E-state index contributed by atoms with van der Waals surface area (Å²) in [6, 6.07) is 15.3. The third kappa shape index (κ3) is 4.30. The summed E-state index contributed by atoms with van der Waals surface area (Å²) in [5.41, 5.74) is 2.15. The van der Waals surface area contributed by atoms with E-state index in [0.29, 0.717) is 22.4 Å². The van der Waals surface area contributed by atoms with Crippen molar-refractivity contribution in [2.45, 2.75) is 43.7 Å². The molecule has 2 aliphatic rings. The van der Waals surface area contributed by atoms with Crippen molar-refractivity contribution in [1.29, 1.82) is 0 Å². The molecule has 0 unspecified atom stereocenters. The molecule has 4 rings (SSSR count). The van der Waals surface area contributed by atoms with Gasteiger partial charge in [0.1, 0.15) is 0 Å². The molecular weight excluding hydrogens is 417 g/mol. The minimum atomic E-state index is -0.174. The van der Waals surface area contributed by atoms with Crippen LogP contribution < -0.4 is 0 Å². The quantitative estimate of drug-likeness (QED) is 0.531. The number of piperidine rings is 1. The zero-order chi connectivity index (χ0) is 21.3. The number of hydrogen-bond acceptors (Lipinski definition) is 2. The van der Waals surface area contributed by atoms with Gasteiger partial charge in [0, 0.05) is 21.9 Å². The van der Waals surface area contributed by atoms with Crippen LogP contribution in [-0.4, -0.2) is 28.6 Å². The Balaban J connectivity index is 1.84. The zero-order valence-corrected chi connectivity index (χ0v) is 18.4. The van der Waals surface area contributed by atoms with E-state index in [9.17, 15) is 9.90 Å². The van der Waals surface area contributed by atoms with Crippen LogP contribution >= 0.6 is 23.2 Å². The van der Waals surface area contributed by atoms with E-state index in [1.807, 2.05) is 53.4 Å². The number of hydrogen-bond donors (Lipinski definition) is 1. The van der Waals surface area contributed by atoms with Crippen LogP contribution in [0.1, 0.15) is 48.8 Å². The standard InChI is InChI=1S/C25H27Cl2NO2/c1-2-4-19-14-22(18-5-3-6-21(27)13-18)24(17-9-11-20(26)12-10-17)28(25(19)30)23(15-29)16-7-8-16/h2-3,5-6,9-13,16,19,22-24,29H,1,4,7-8,14-15H2/t19-,22-,23-,24-/m1/s1. The van der Waals surface area contributed by atoms with E-state index in [0.717, 1.165) is 30.4 Å². The second-order valence-electron chi connectivity index (χ2n) is 8.45. The molecular formula is C25H27Cl2NO2. The molecule has 1 aliphatic carbocycles. The van der Waals surface area contributed by atoms with E-state index in [2.05, 4.69) is 12.6 Å². The van der Waals surface area contributed by atoms with Gasteiger partial charge in [-0.25, -0.2) is 0 Å². The van der Waals surface area contributed by atoms with Gasteiger partial charge in [-0.15, -0.1) is 6.58 Å². The topological polar surface area (TPSA) is 40.5 Å². The van der Waals surface area contributed by atoms with Gasteiger partial charge in [-0.1, -0.05) is 53.5 Å². The van der Waals surface area contributed by atoms with Crippen molar-refractivity contribution in [3.63, 3.8) is 0 Å². The lowest BCUT2D eigenvalue weighted by molar-refractivity contribution is -0.148. The van der Waals surface area contributed by atoms with Crippen LogP contribution in [0.4, 0.5) is 0 Å². The van der Waals surface area contributed by atoms with Gasteiger partial charge < -0.3 is 10.0 Å². The molecule has 0 bridgehead atoms. The van der Waals surface area contributed by atoms with E-state index in [1.165, 1.54) is 0 Å². The lowest BCUT2D eigenvalue weighted by Gasteiger charge is -2.48. The highest BCUT2D eigenvalue weighted by molar-refractivity contribution is 6.30. The van der Waals surface area contributed by atoms with Crippen LogP contribution in [0.3, 0.4) is 0 Å². The minimum Gasteiger partial charge on any atom is -0.394 e. The Hall–Kier alpha value is -1.81. The van der Waals surface area contributed by atoms with E-state index in [1.54, 1.807) is 0 Å². The minimum absolute atomic E-state index is 0.0242. The largest absolute Gasteiger partial charge is 0.394 e. The lowest BCUT2D eigenvalue weighted by Crippen LogP contribution is -2.53. The fraction of sp³-hybridized carbons (Fsp3) is 0.400. The number of benzene rings is 2. The summed E-state index contributed by atoms with van der Waals surface area (Å²) in [7, 11) is 0. The molecule has 30 heavy (non-hydrogen) atoms. The zero-order valence-electron chi connectivity index (χ0n) is 16.9. The molecule has 158 valence electrons. The lowest BCUT2D eigenvalue weighted by atomic mass is 9.74. The van der Waals surface area contributed by atoms with Crippen LogP contribution in [-0.2, 0) is 4.79 Å². The molecule has 1 amide bonds. The highest BCUT2D eigenvalue weighted by Crippen LogP contribution is 2.50. The van der Waals surface area contributed by atoms with Crippen LogP contribution in [0.25, 0.3) is 0 Å². The molecule has 1 saturated heterocycles. The third-order valence-corrected chi connectivity index (χ3v) is 6.96. The summed E-state index contributed by atoms with van der Waals surface area (Å²) < 4.78 is 0. The summed E-state index contributed by atoms with van der Waals surface area (Å²) in [4.78, 5) is 15.6. The smallest absolute Gasteiger partial charge is 0.226 e. The fourth-order valence-electron chi connectivity index (χ4n) is 4.90. The molecule has 0 spiro atoms. The Morgan fingerprint density at radius 3 is 2.43 bits per heavy atom. The third-order valence-electron chi connectivity index (χ3n) is 6.47. The number of carbonyl (C=O) groups excluding carboxylic acids is 1. The summed E-state index contributed by atoms with van der Waals surface area (Å²) in [5.74, 6) is 0.387. The second kappa shape index (κ2) is 9.13. The molecule has 1 N–H and O–H groups in total. The van der Waals surface area contributed by atoms with Crippen molar-refractivity contribution in [2.75, 3.05) is 6.61 Å². The highest BCUT2D eigenvalue weighted by atomic mass is 35.5. The summed E-state index contributed by atoms with van der Waals surface area (Å²) in [5, 5.41) is 11.6. The van der Waals surface area contributed by atoms with Gasteiger partial charge in [0.05, 0.1) is 18.7 Å². The van der Waals surface area contributed by atoms with E-state index >= 15 is 0 Å². The molecule has 1 aliphatic heterocycles. The van der Waals surface area contributed by atoms with Gasteiger partial charge in [0.25, 0.3) is 0 Å². The number of rotatable bonds is 7. The van der Waals surface area contributed by atoms with Crippen molar-refractivity contribution in [3.05, 3.63) is 82.4 Å². The molecule has 2 fully saturated rings. The molecule has 2 aromatic carbocycles. The second-order valence-corrected chi connectivity index (χ2v) is 9.32.